The molecule has 0 saturated carbocycles. The molecule has 2 unspecified atom stereocenters. The van der Waals surface area contributed by atoms with Crippen molar-refractivity contribution in [3.05, 3.63) is 0 Å². The monoisotopic (exact) mass is 323 g/mol. The van der Waals surface area contributed by atoms with E-state index in [1.54, 1.807) is 4.72 Å². The van der Waals surface area contributed by atoms with E-state index < -0.39 is 51.8 Å². The van der Waals surface area contributed by atoms with Gasteiger partial charge in [0.15, 0.2) is 6.29 Å². The fraction of sp³-hybridized carbons (Fsp3) is 1.00. The predicted molar refractivity (Wildman–Crippen MR) is 57.5 cm³/mol. The summed E-state index contributed by atoms with van der Waals surface area (Å²) in [5.41, 5.74) is 0. The Morgan fingerprint density at radius 1 is 1.21 bits per heavy atom. The lowest BCUT2D eigenvalue weighted by Gasteiger charge is -2.36. The first-order valence-corrected chi connectivity index (χ1v) is 7.66. The van der Waals surface area contributed by atoms with E-state index in [9.17, 15) is 27.0 Å². The van der Waals surface area contributed by atoms with Gasteiger partial charge in [0.1, 0.15) is 6.04 Å². The molecule has 0 bridgehead atoms. The summed E-state index contributed by atoms with van der Waals surface area (Å²) < 4.78 is 68.9. The van der Waals surface area contributed by atoms with Crippen LogP contribution in [0.25, 0.3) is 0 Å². The van der Waals surface area contributed by atoms with Gasteiger partial charge in [-0.1, -0.05) is 0 Å². The second-order valence-corrected chi connectivity index (χ2v) is 6.06. The van der Waals surface area contributed by atoms with Crippen LogP contribution in [0.5, 0.6) is 0 Å². The van der Waals surface area contributed by atoms with Crippen LogP contribution >= 0.6 is 0 Å². The van der Waals surface area contributed by atoms with Crippen LogP contribution in [-0.2, 0) is 29.6 Å². The van der Waals surface area contributed by atoms with Crippen molar-refractivity contribution in [1.82, 2.24) is 4.72 Å². The molecular weight excluding hydrogens is 310 g/mol. The van der Waals surface area contributed by atoms with Crippen molar-refractivity contribution in [1.29, 1.82) is 0 Å². The largest absolute Gasteiger partial charge is 0.397 e. The summed E-state index contributed by atoms with van der Waals surface area (Å²) in [4.78, 5) is 0. The molecule has 0 aliphatic carbocycles. The van der Waals surface area contributed by atoms with Gasteiger partial charge >= 0.3 is 20.7 Å². The summed E-state index contributed by atoms with van der Waals surface area (Å²) in [6.07, 6.45) is -4.67. The van der Waals surface area contributed by atoms with Gasteiger partial charge in [-0.3, -0.25) is 9.11 Å². The number of rotatable bonds is 5. The second-order valence-electron chi connectivity index (χ2n) is 3.78. The van der Waals surface area contributed by atoms with Gasteiger partial charge in [0, 0.05) is 6.42 Å². The van der Waals surface area contributed by atoms with Gasteiger partial charge < -0.3 is 14.9 Å². The highest BCUT2D eigenvalue weighted by Crippen LogP contribution is 2.20. The van der Waals surface area contributed by atoms with Crippen molar-refractivity contribution >= 4 is 20.7 Å². The molecule has 1 saturated heterocycles. The summed E-state index contributed by atoms with van der Waals surface area (Å²) in [5.74, 6) is 0. The Bertz CT molecular complexity index is 488. The fourth-order valence-electron chi connectivity index (χ4n) is 1.52. The van der Waals surface area contributed by atoms with Gasteiger partial charge in [-0.05, 0) is 0 Å². The first-order chi connectivity index (χ1) is 8.48. The summed E-state index contributed by atoms with van der Waals surface area (Å²) in [6.45, 7) is -0.675. The van der Waals surface area contributed by atoms with Gasteiger partial charge in [-0.25, -0.2) is 4.18 Å². The van der Waals surface area contributed by atoms with E-state index in [1.807, 2.05) is 0 Å². The smallest absolute Gasteiger partial charge is 0.391 e. The zero-order valence-corrected chi connectivity index (χ0v) is 10.9. The highest BCUT2D eigenvalue weighted by Gasteiger charge is 2.39. The quantitative estimate of drug-likeness (QED) is 0.328. The van der Waals surface area contributed by atoms with E-state index in [2.05, 4.69) is 4.18 Å². The Balaban J connectivity index is 2.61. The van der Waals surface area contributed by atoms with Gasteiger partial charge in [-0.2, -0.15) is 21.6 Å². The average Bonchev–Trinajstić information content (AvgIpc) is 2.18. The van der Waals surface area contributed by atoms with Crippen molar-refractivity contribution in [3.63, 3.8) is 0 Å². The lowest BCUT2D eigenvalue weighted by molar-refractivity contribution is -0.209. The molecule has 1 aliphatic rings. The molecule has 5 N–H and O–H groups in total. The molecule has 11 nitrogen and oxygen atoms in total. The molecule has 4 atom stereocenters. The molecule has 0 aromatic carbocycles. The van der Waals surface area contributed by atoms with E-state index in [0.29, 0.717) is 0 Å². The topological polar surface area (TPSA) is 180 Å². The number of hydrogen-bond acceptors (Lipinski definition) is 8. The maximum Gasteiger partial charge on any atom is 0.397 e. The average molecular weight is 323 g/mol. The minimum Gasteiger partial charge on any atom is -0.391 e. The zero-order chi connectivity index (χ0) is 14.8. The van der Waals surface area contributed by atoms with Crippen LogP contribution in [-0.4, -0.2) is 67.3 Å². The molecule has 1 rings (SSSR count). The minimum absolute atomic E-state index is 0.292. The summed E-state index contributed by atoms with van der Waals surface area (Å²) in [6, 6.07) is -1.52. The highest BCUT2D eigenvalue weighted by molar-refractivity contribution is 7.83. The molecule has 19 heavy (non-hydrogen) atoms. The number of hydrogen-bond donors (Lipinski definition) is 5. The van der Waals surface area contributed by atoms with E-state index in [0.717, 1.165) is 0 Å². The van der Waals surface area contributed by atoms with Crippen molar-refractivity contribution < 1.29 is 45.1 Å². The minimum atomic E-state index is -4.70. The Labute approximate surface area is 109 Å². The van der Waals surface area contributed by atoms with Crippen molar-refractivity contribution in [2.24, 2.45) is 0 Å². The van der Waals surface area contributed by atoms with Gasteiger partial charge in [-0.15, -0.1) is 0 Å². The van der Waals surface area contributed by atoms with E-state index in [-0.39, 0.29) is 6.42 Å². The van der Waals surface area contributed by atoms with E-state index in [1.165, 1.54) is 0 Å². The van der Waals surface area contributed by atoms with Gasteiger partial charge in [0.25, 0.3) is 0 Å². The number of ether oxygens (including phenoxy) is 1. The van der Waals surface area contributed by atoms with Crippen LogP contribution in [0.1, 0.15) is 6.42 Å². The molecule has 0 spiro atoms. The number of nitrogens with one attached hydrogen (secondary N) is 1. The van der Waals surface area contributed by atoms with Crippen molar-refractivity contribution in [2.45, 2.75) is 31.0 Å². The molecule has 0 amide bonds. The first-order valence-electron chi connectivity index (χ1n) is 4.86. The maximum atomic E-state index is 10.6. The Kier molecular flexibility index (Phi) is 5.21. The Hall–Kier alpha value is -0.380. The molecular formula is C6H13NO10S2. The van der Waals surface area contributed by atoms with Crippen molar-refractivity contribution in [2.75, 3.05) is 6.61 Å². The number of aliphatic hydroxyl groups is 2. The van der Waals surface area contributed by atoms with Crippen LogP contribution in [0.3, 0.4) is 0 Å². The highest BCUT2D eigenvalue weighted by atomic mass is 32.3. The van der Waals surface area contributed by atoms with Crippen LogP contribution in [0.4, 0.5) is 0 Å². The summed E-state index contributed by atoms with van der Waals surface area (Å²) in [7, 11) is -9.36. The lowest BCUT2D eigenvalue weighted by atomic mass is 10.0. The predicted octanol–water partition coefficient (Wildman–Crippen LogP) is -2.96. The molecule has 1 heterocycles. The molecule has 114 valence electrons. The van der Waals surface area contributed by atoms with Crippen LogP contribution < -0.4 is 4.72 Å². The molecule has 0 aromatic rings. The molecule has 0 aromatic heterocycles. The lowest BCUT2D eigenvalue weighted by Crippen LogP contribution is -2.57. The molecule has 13 heteroatoms. The van der Waals surface area contributed by atoms with E-state index >= 15 is 0 Å². The third-order valence-electron chi connectivity index (χ3n) is 2.25. The standard InChI is InChI=1S/C6H13NO10S2/c8-4-1-3(2-16-19(13,14)15)17-6(9)5(4)7-18(10,11)12/h3-9H,1-2H2,(H,10,11,12)(H,13,14,15)/t3?,4-,5?,6-/m1/s1. The molecule has 1 fully saturated rings. The zero-order valence-electron chi connectivity index (χ0n) is 9.28. The van der Waals surface area contributed by atoms with Gasteiger partial charge in [0.2, 0.25) is 0 Å². The maximum absolute atomic E-state index is 10.6. The third kappa shape index (κ3) is 6.07. The van der Waals surface area contributed by atoms with Crippen LogP contribution in [0.2, 0.25) is 0 Å². The second kappa shape index (κ2) is 5.94. The van der Waals surface area contributed by atoms with Crippen LogP contribution in [0, 0.1) is 0 Å². The van der Waals surface area contributed by atoms with Gasteiger partial charge in [0.05, 0.1) is 18.8 Å². The Morgan fingerprint density at radius 2 is 1.79 bits per heavy atom. The molecule has 1 aliphatic heterocycles. The van der Waals surface area contributed by atoms with Crippen LogP contribution in [0.15, 0.2) is 0 Å². The SMILES string of the molecule is O=S(=O)(O)NC1[C@H](O)CC(COS(=O)(=O)O)O[C@H]1O. The normalized spacial score (nSPS) is 33.3. The summed E-state index contributed by atoms with van der Waals surface area (Å²) >= 11 is 0. The molecule has 0 radical (unpaired) electrons. The number of aliphatic hydroxyl groups excluding tert-OH is 2. The summed E-state index contributed by atoms with van der Waals surface area (Å²) in [5, 5.41) is 19.0. The van der Waals surface area contributed by atoms with E-state index in [4.69, 9.17) is 13.8 Å². The Morgan fingerprint density at radius 3 is 2.21 bits per heavy atom. The first kappa shape index (κ1) is 16.7. The fourth-order valence-corrected chi connectivity index (χ4v) is 2.46. The van der Waals surface area contributed by atoms with Crippen molar-refractivity contribution in [3.8, 4) is 0 Å². The third-order valence-corrected chi connectivity index (χ3v) is 3.25.